The second kappa shape index (κ2) is 7.23. The van der Waals surface area contributed by atoms with Crippen molar-refractivity contribution in [2.75, 3.05) is 14.2 Å². The zero-order valence-electron chi connectivity index (χ0n) is 10.4. The van der Waals surface area contributed by atoms with Crippen LogP contribution in [0.15, 0.2) is 27.1 Å². The average molecular weight is 381 g/mol. The van der Waals surface area contributed by atoms with Crippen molar-refractivity contribution >= 4 is 37.8 Å². The molecule has 100 valence electrons. The number of rotatable bonds is 5. The zero-order valence-corrected chi connectivity index (χ0v) is 13.5. The summed E-state index contributed by atoms with van der Waals surface area (Å²) >= 11 is 6.70. The smallest absolute Gasteiger partial charge is 0.252 e. The van der Waals surface area contributed by atoms with Gasteiger partial charge in [0.25, 0.3) is 5.91 Å². The standard InChI is InChI=1S/C12H15Br2NO3/c1-7(12(17-2)18-3)15-11(16)9-5-4-8(13)6-10(9)14/h4-7,12H,1-3H3,(H,15,16). The first kappa shape index (κ1) is 15.6. The maximum absolute atomic E-state index is 12.1. The van der Waals surface area contributed by atoms with E-state index in [1.54, 1.807) is 6.07 Å². The fourth-order valence-corrected chi connectivity index (χ4v) is 2.76. The van der Waals surface area contributed by atoms with E-state index < -0.39 is 6.29 Å². The molecule has 1 unspecified atom stereocenters. The Hall–Kier alpha value is -0.430. The molecule has 1 N–H and O–H groups in total. The number of ether oxygens (including phenoxy) is 2. The SMILES string of the molecule is COC(OC)C(C)NC(=O)c1ccc(Br)cc1Br. The van der Waals surface area contributed by atoms with Crippen molar-refractivity contribution in [3.63, 3.8) is 0 Å². The Bertz CT molecular complexity index is 422. The molecular formula is C12H15Br2NO3. The van der Waals surface area contributed by atoms with Gasteiger partial charge in [0.1, 0.15) is 0 Å². The van der Waals surface area contributed by atoms with E-state index in [1.807, 2.05) is 19.1 Å². The molecule has 1 rings (SSSR count). The normalized spacial score (nSPS) is 12.6. The topological polar surface area (TPSA) is 47.6 Å². The minimum Gasteiger partial charge on any atom is -0.354 e. The number of nitrogens with one attached hydrogen (secondary N) is 1. The molecule has 1 aromatic rings. The first-order valence-electron chi connectivity index (χ1n) is 5.31. The molecule has 0 fully saturated rings. The average Bonchev–Trinajstić information content (AvgIpc) is 2.30. The summed E-state index contributed by atoms with van der Waals surface area (Å²) in [7, 11) is 3.07. The monoisotopic (exact) mass is 379 g/mol. The maximum atomic E-state index is 12.1. The van der Waals surface area contributed by atoms with Crippen LogP contribution in [-0.4, -0.2) is 32.5 Å². The van der Waals surface area contributed by atoms with Gasteiger partial charge in [-0.25, -0.2) is 0 Å². The predicted molar refractivity (Wildman–Crippen MR) is 76.6 cm³/mol. The number of methoxy groups -OCH3 is 2. The van der Waals surface area contributed by atoms with Crippen LogP contribution in [0.4, 0.5) is 0 Å². The molecule has 18 heavy (non-hydrogen) atoms. The van der Waals surface area contributed by atoms with Gasteiger partial charge >= 0.3 is 0 Å². The van der Waals surface area contributed by atoms with Gasteiger partial charge in [0, 0.05) is 23.2 Å². The van der Waals surface area contributed by atoms with E-state index in [1.165, 1.54) is 14.2 Å². The summed E-state index contributed by atoms with van der Waals surface area (Å²) in [6.45, 7) is 1.82. The van der Waals surface area contributed by atoms with Crippen molar-refractivity contribution in [1.29, 1.82) is 0 Å². The van der Waals surface area contributed by atoms with Crippen molar-refractivity contribution in [2.24, 2.45) is 0 Å². The van der Waals surface area contributed by atoms with Crippen LogP contribution in [0, 0.1) is 0 Å². The summed E-state index contributed by atoms with van der Waals surface area (Å²) < 4.78 is 11.8. The van der Waals surface area contributed by atoms with Gasteiger partial charge < -0.3 is 14.8 Å². The number of amides is 1. The fourth-order valence-electron chi connectivity index (χ4n) is 1.53. The van der Waals surface area contributed by atoms with E-state index in [0.717, 1.165) is 8.95 Å². The van der Waals surface area contributed by atoms with Crippen LogP contribution in [0.5, 0.6) is 0 Å². The van der Waals surface area contributed by atoms with Gasteiger partial charge in [0.05, 0.1) is 11.6 Å². The van der Waals surface area contributed by atoms with Crippen LogP contribution >= 0.6 is 31.9 Å². The quantitative estimate of drug-likeness (QED) is 0.799. The highest BCUT2D eigenvalue weighted by atomic mass is 79.9. The molecule has 1 atom stereocenters. The van der Waals surface area contributed by atoms with Gasteiger partial charge in [0.15, 0.2) is 6.29 Å². The van der Waals surface area contributed by atoms with Gasteiger partial charge in [-0.1, -0.05) is 15.9 Å². The fraction of sp³-hybridized carbons (Fsp3) is 0.417. The Morgan fingerprint density at radius 2 is 1.89 bits per heavy atom. The number of carbonyl (C=O) groups excluding carboxylic acids is 1. The van der Waals surface area contributed by atoms with Gasteiger partial charge in [-0.15, -0.1) is 0 Å². The number of carbonyl (C=O) groups is 1. The second-order valence-corrected chi connectivity index (χ2v) is 5.50. The first-order valence-corrected chi connectivity index (χ1v) is 6.89. The lowest BCUT2D eigenvalue weighted by Gasteiger charge is -2.22. The second-order valence-electron chi connectivity index (χ2n) is 3.73. The van der Waals surface area contributed by atoms with Gasteiger partial charge in [-0.3, -0.25) is 4.79 Å². The van der Waals surface area contributed by atoms with Crippen molar-refractivity contribution < 1.29 is 14.3 Å². The van der Waals surface area contributed by atoms with E-state index in [-0.39, 0.29) is 11.9 Å². The molecule has 0 bridgehead atoms. The van der Waals surface area contributed by atoms with Crippen LogP contribution < -0.4 is 5.32 Å². The van der Waals surface area contributed by atoms with E-state index in [4.69, 9.17) is 9.47 Å². The highest BCUT2D eigenvalue weighted by Gasteiger charge is 2.19. The summed E-state index contributed by atoms with van der Waals surface area (Å²) in [6, 6.07) is 5.13. The molecule has 1 amide bonds. The largest absolute Gasteiger partial charge is 0.354 e. The van der Waals surface area contributed by atoms with E-state index in [0.29, 0.717) is 5.56 Å². The molecule has 6 heteroatoms. The minimum atomic E-state index is -0.469. The Morgan fingerprint density at radius 1 is 1.28 bits per heavy atom. The Balaban J connectivity index is 2.76. The zero-order chi connectivity index (χ0) is 13.7. The third kappa shape index (κ3) is 4.05. The molecule has 0 aromatic heterocycles. The molecule has 0 heterocycles. The van der Waals surface area contributed by atoms with Crippen LogP contribution in [0.3, 0.4) is 0 Å². The number of hydrogen-bond acceptors (Lipinski definition) is 3. The van der Waals surface area contributed by atoms with Crippen molar-refractivity contribution in [1.82, 2.24) is 5.32 Å². The van der Waals surface area contributed by atoms with E-state index in [2.05, 4.69) is 37.2 Å². The Morgan fingerprint density at radius 3 is 2.39 bits per heavy atom. The lowest BCUT2D eigenvalue weighted by atomic mass is 10.2. The molecule has 0 saturated carbocycles. The van der Waals surface area contributed by atoms with E-state index >= 15 is 0 Å². The number of halogens is 2. The maximum Gasteiger partial charge on any atom is 0.252 e. The Labute approximate surface area is 123 Å². The highest BCUT2D eigenvalue weighted by molar-refractivity contribution is 9.11. The molecule has 1 aromatic carbocycles. The summed E-state index contributed by atoms with van der Waals surface area (Å²) in [5, 5.41) is 2.82. The minimum absolute atomic E-state index is 0.180. The van der Waals surface area contributed by atoms with Crippen molar-refractivity contribution in [2.45, 2.75) is 19.3 Å². The van der Waals surface area contributed by atoms with Gasteiger partial charge in [-0.2, -0.15) is 0 Å². The predicted octanol–water partition coefficient (Wildman–Crippen LogP) is 2.95. The summed E-state index contributed by atoms with van der Waals surface area (Å²) in [4.78, 5) is 12.1. The summed E-state index contributed by atoms with van der Waals surface area (Å²) in [6.07, 6.45) is -0.469. The molecular weight excluding hydrogens is 366 g/mol. The molecule has 4 nitrogen and oxygen atoms in total. The van der Waals surface area contributed by atoms with Crippen molar-refractivity contribution in [3.8, 4) is 0 Å². The molecule has 0 spiro atoms. The summed E-state index contributed by atoms with van der Waals surface area (Å²) in [5.74, 6) is -0.180. The number of hydrogen-bond donors (Lipinski definition) is 1. The third-order valence-corrected chi connectivity index (χ3v) is 3.56. The summed E-state index contributed by atoms with van der Waals surface area (Å²) in [5.41, 5.74) is 0.566. The van der Waals surface area contributed by atoms with Gasteiger partial charge in [0.2, 0.25) is 0 Å². The Kier molecular flexibility index (Phi) is 6.28. The van der Waals surface area contributed by atoms with Crippen LogP contribution in [0.2, 0.25) is 0 Å². The van der Waals surface area contributed by atoms with E-state index in [9.17, 15) is 4.79 Å². The molecule has 0 aliphatic heterocycles. The highest BCUT2D eigenvalue weighted by Crippen LogP contribution is 2.22. The molecule has 0 aliphatic carbocycles. The van der Waals surface area contributed by atoms with Crippen LogP contribution in [-0.2, 0) is 9.47 Å². The number of benzene rings is 1. The molecule has 0 aliphatic rings. The third-order valence-electron chi connectivity index (χ3n) is 2.41. The lowest BCUT2D eigenvalue weighted by molar-refractivity contribution is -0.117. The van der Waals surface area contributed by atoms with Crippen molar-refractivity contribution in [3.05, 3.63) is 32.7 Å². The van der Waals surface area contributed by atoms with Crippen LogP contribution in [0.25, 0.3) is 0 Å². The first-order chi connectivity index (χ1) is 8.49. The van der Waals surface area contributed by atoms with Gasteiger partial charge in [-0.05, 0) is 41.1 Å². The molecule has 0 saturated heterocycles. The van der Waals surface area contributed by atoms with Crippen LogP contribution in [0.1, 0.15) is 17.3 Å². The lowest BCUT2D eigenvalue weighted by Crippen LogP contribution is -2.43. The molecule has 0 radical (unpaired) electrons.